The van der Waals surface area contributed by atoms with Crippen molar-refractivity contribution >= 4 is 23.0 Å². The van der Waals surface area contributed by atoms with Crippen LogP contribution in [-0.2, 0) is 0 Å². The molecule has 0 spiro atoms. The van der Waals surface area contributed by atoms with Crippen LogP contribution in [0.1, 0.15) is 30.4 Å². The molecule has 21 heavy (non-hydrogen) atoms. The molecule has 1 amide bonds. The number of benzene rings is 1. The van der Waals surface area contributed by atoms with Crippen LogP contribution in [-0.4, -0.2) is 24.6 Å². The molecule has 0 atom stereocenters. The molecule has 1 heterocycles. The van der Waals surface area contributed by atoms with Crippen LogP contribution >= 0.6 is 0 Å². The molecule has 5 nitrogen and oxygen atoms in total. The van der Waals surface area contributed by atoms with Crippen molar-refractivity contribution in [3.8, 4) is 0 Å². The van der Waals surface area contributed by atoms with Crippen molar-refractivity contribution in [2.75, 3.05) is 30.0 Å². The summed E-state index contributed by atoms with van der Waals surface area (Å²) >= 11 is 0. The number of hydrogen-bond acceptors (Lipinski definition) is 3. The maximum atomic E-state index is 12.4. The summed E-state index contributed by atoms with van der Waals surface area (Å²) in [7, 11) is 3.96. The Balaban J connectivity index is 2.18. The van der Waals surface area contributed by atoms with E-state index in [1.807, 2.05) is 61.7 Å². The number of nitrogen functional groups attached to an aromatic ring is 1. The van der Waals surface area contributed by atoms with Crippen molar-refractivity contribution in [3.63, 3.8) is 0 Å². The second-order valence-electron chi connectivity index (χ2n) is 5.56. The normalized spacial score (nSPS) is 10.7. The van der Waals surface area contributed by atoms with Gasteiger partial charge in [0.15, 0.2) is 0 Å². The Morgan fingerprint density at radius 1 is 1.24 bits per heavy atom. The van der Waals surface area contributed by atoms with Gasteiger partial charge in [-0.05, 0) is 44.2 Å². The Kier molecular flexibility index (Phi) is 4.21. The molecular weight excluding hydrogens is 264 g/mol. The quantitative estimate of drug-likeness (QED) is 0.908. The second kappa shape index (κ2) is 5.91. The number of carbonyl (C=O) groups is 1. The zero-order chi connectivity index (χ0) is 15.6. The predicted molar refractivity (Wildman–Crippen MR) is 88.0 cm³/mol. The molecule has 0 bridgehead atoms. The Morgan fingerprint density at radius 3 is 2.38 bits per heavy atom. The molecule has 1 aromatic heterocycles. The maximum absolute atomic E-state index is 12.4. The van der Waals surface area contributed by atoms with E-state index in [1.165, 1.54) is 0 Å². The first-order chi connectivity index (χ1) is 9.88. The number of rotatable bonds is 4. The maximum Gasteiger partial charge on any atom is 0.272 e. The molecule has 0 aliphatic carbocycles. The molecule has 0 aliphatic heterocycles. The van der Waals surface area contributed by atoms with Crippen molar-refractivity contribution in [2.45, 2.75) is 19.9 Å². The number of anilines is 3. The third-order valence-electron chi connectivity index (χ3n) is 3.30. The number of nitrogens with one attached hydrogen (secondary N) is 1. The minimum absolute atomic E-state index is 0.155. The first-order valence-electron chi connectivity index (χ1n) is 6.94. The first-order valence-corrected chi connectivity index (χ1v) is 6.94. The lowest BCUT2D eigenvalue weighted by Gasteiger charge is -2.14. The molecule has 0 saturated carbocycles. The van der Waals surface area contributed by atoms with Gasteiger partial charge in [-0.2, -0.15) is 0 Å². The molecule has 0 aliphatic rings. The van der Waals surface area contributed by atoms with E-state index >= 15 is 0 Å². The highest BCUT2D eigenvalue weighted by atomic mass is 16.1. The summed E-state index contributed by atoms with van der Waals surface area (Å²) < 4.78 is 1.87. The minimum atomic E-state index is -0.155. The zero-order valence-corrected chi connectivity index (χ0v) is 12.9. The molecule has 0 unspecified atom stereocenters. The monoisotopic (exact) mass is 286 g/mol. The van der Waals surface area contributed by atoms with Gasteiger partial charge in [0.2, 0.25) is 0 Å². The molecule has 2 rings (SSSR count). The minimum Gasteiger partial charge on any atom is -0.397 e. The van der Waals surface area contributed by atoms with E-state index in [-0.39, 0.29) is 11.9 Å². The van der Waals surface area contributed by atoms with Crippen molar-refractivity contribution in [3.05, 3.63) is 42.2 Å². The smallest absolute Gasteiger partial charge is 0.272 e. The average molecular weight is 286 g/mol. The number of carbonyl (C=O) groups excluding carboxylic acids is 1. The molecule has 3 N–H and O–H groups in total. The van der Waals surface area contributed by atoms with Gasteiger partial charge in [-0.1, -0.05) is 0 Å². The SMILES string of the molecule is CC(C)n1cc(N)cc1C(=O)Nc1ccc(N(C)C)cc1. The van der Waals surface area contributed by atoms with E-state index in [9.17, 15) is 4.79 Å². The van der Waals surface area contributed by atoms with E-state index in [2.05, 4.69) is 5.32 Å². The van der Waals surface area contributed by atoms with E-state index < -0.39 is 0 Å². The highest BCUT2D eigenvalue weighted by molar-refractivity contribution is 6.04. The van der Waals surface area contributed by atoms with Crippen LogP contribution in [0, 0.1) is 0 Å². The lowest BCUT2D eigenvalue weighted by atomic mass is 10.2. The van der Waals surface area contributed by atoms with Crippen LogP contribution in [0.4, 0.5) is 17.1 Å². The lowest BCUT2D eigenvalue weighted by molar-refractivity contribution is 0.101. The first kappa shape index (κ1) is 15.0. The summed E-state index contributed by atoms with van der Waals surface area (Å²) in [6.45, 7) is 4.03. The van der Waals surface area contributed by atoms with Crippen molar-refractivity contribution < 1.29 is 4.79 Å². The van der Waals surface area contributed by atoms with Crippen LogP contribution in [0.15, 0.2) is 36.5 Å². The Hall–Kier alpha value is -2.43. The molecular formula is C16H22N4O. The largest absolute Gasteiger partial charge is 0.397 e. The van der Waals surface area contributed by atoms with Crippen LogP contribution in [0.25, 0.3) is 0 Å². The zero-order valence-electron chi connectivity index (χ0n) is 12.9. The van der Waals surface area contributed by atoms with Crippen LogP contribution in [0.5, 0.6) is 0 Å². The lowest BCUT2D eigenvalue weighted by Crippen LogP contribution is -2.17. The highest BCUT2D eigenvalue weighted by Gasteiger charge is 2.15. The predicted octanol–water partition coefficient (Wildman–Crippen LogP) is 2.97. The van der Waals surface area contributed by atoms with Gasteiger partial charge in [0.1, 0.15) is 5.69 Å². The van der Waals surface area contributed by atoms with Crippen LogP contribution in [0.2, 0.25) is 0 Å². The van der Waals surface area contributed by atoms with Crippen molar-refractivity contribution in [1.29, 1.82) is 0 Å². The van der Waals surface area contributed by atoms with Gasteiger partial charge in [0.25, 0.3) is 5.91 Å². The van der Waals surface area contributed by atoms with Gasteiger partial charge < -0.3 is 20.5 Å². The van der Waals surface area contributed by atoms with Gasteiger partial charge in [0.05, 0.1) is 5.69 Å². The number of nitrogens with two attached hydrogens (primary N) is 1. The number of amides is 1. The average Bonchev–Trinajstić information content (AvgIpc) is 2.82. The van der Waals surface area contributed by atoms with E-state index in [0.717, 1.165) is 11.4 Å². The number of hydrogen-bond donors (Lipinski definition) is 2. The third kappa shape index (κ3) is 3.37. The van der Waals surface area contributed by atoms with E-state index in [4.69, 9.17) is 5.73 Å². The Bertz CT molecular complexity index is 626. The summed E-state index contributed by atoms with van der Waals surface area (Å²) in [6, 6.07) is 9.58. The third-order valence-corrected chi connectivity index (χ3v) is 3.30. The molecule has 2 aromatic rings. The topological polar surface area (TPSA) is 63.3 Å². The molecule has 5 heteroatoms. The Labute approximate surface area is 125 Å². The molecule has 112 valence electrons. The number of nitrogens with zero attached hydrogens (tertiary/aromatic N) is 2. The summed E-state index contributed by atoms with van der Waals surface area (Å²) in [5.41, 5.74) is 8.81. The number of aromatic nitrogens is 1. The van der Waals surface area contributed by atoms with Gasteiger partial charge >= 0.3 is 0 Å². The summed E-state index contributed by atoms with van der Waals surface area (Å²) in [6.07, 6.45) is 1.79. The molecule has 0 fully saturated rings. The van der Waals surface area contributed by atoms with Gasteiger partial charge in [0, 0.05) is 37.7 Å². The van der Waals surface area contributed by atoms with Crippen molar-refractivity contribution in [2.24, 2.45) is 0 Å². The fourth-order valence-corrected chi connectivity index (χ4v) is 2.15. The highest BCUT2D eigenvalue weighted by Crippen LogP contribution is 2.20. The van der Waals surface area contributed by atoms with Gasteiger partial charge in [-0.25, -0.2) is 0 Å². The molecule has 0 saturated heterocycles. The summed E-state index contributed by atoms with van der Waals surface area (Å²) in [5.74, 6) is -0.155. The van der Waals surface area contributed by atoms with Crippen LogP contribution in [0.3, 0.4) is 0 Å². The fraction of sp³-hybridized carbons (Fsp3) is 0.312. The second-order valence-corrected chi connectivity index (χ2v) is 5.56. The van der Waals surface area contributed by atoms with Gasteiger partial charge in [-0.3, -0.25) is 4.79 Å². The summed E-state index contributed by atoms with van der Waals surface area (Å²) in [5, 5.41) is 2.90. The molecule has 1 aromatic carbocycles. The van der Waals surface area contributed by atoms with E-state index in [1.54, 1.807) is 12.3 Å². The standard InChI is InChI=1S/C16H22N4O/c1-11(2)20-10-12(17)9-15(20)16(21)18-13-5-7-14(8-6-13)19(3)4/h5-11H,17H2,1-4H3,(H,18,21). The van der Waals surface area contributed by atoms with Crippen LogP contribution < -0.4 is 16.0 Å². The van der Waals surface area contributed by atoms with Crippen molar-refractivity contribution in [1.82, 2.24) is 4.57 Å². The van der Waals surface area contributed by atoms with E-state index in [0.29, 0.717) is 11.4 Å². The Morgan fingerprint density at radius 2 is 1.86 bits per heavy atom. The summed E-state index contributed by atoms with van der Waals surface area (Å²) in [4.78, 5) is 14.4. The fourth-order valence-electron chi connectivity index (χ4n) is 2.15. The molecule has 0 radical (unpaired) electrons. The van der Waals surface area contributed by atoms with Gasteiger partial charge in [-0.15, -0.1) is 0 Å².